The van der Waals surface area contributed by atoms with Crippen LogP contribution in [0, 0.1) is 0 Å². The van der Waals surface area contributed by atoms with E-state index in [-0.39, 0.29) is 28.6 Å². The number of anilines is 1. The number of hydrogen-bond donors (Lipinski definition) is 1. The number of rotatable bonds is 9. The standard InChI is InChI=1S/C24H26N4O7S2/c1-24(2)33-12-15(35-24)13-34-28-20(14-4-6-16(7-5-14)37(30,31)17-8-9-17)21(29)27-23-25-18-10-11-19(32-3)26-22(18)36-23/h4-7,10-11,15,17H,8-9,12-13H2,1-3H3,(H,25,27,29)/t15-/m1/s1. The lowest BCUT2D eigenvalue weighted by Crippen LogP contribution is -2.26. The second kappa shape index (κ2) is 9.97. The van der Waals surface area contributed by atoms with E-state index in [9.17, 15) is 13.2 Å². The minimum atomic E-state index is -3.36. The minimum Gasteiger partial charge on any atom is -0.481 e. The average molecular weight is 547 g/mol. The number of carbonyl (C=O) groups excluding carboxylic acids is 1. The molecule has 1 N–H and O–H groups in total. The Morgan fingerprint density at radius 2 is 1.95 bits per heavy atom. The van der Waals surface area contributed by atoms with Crippen LogP contribution >= 0.6 is 11.3 Å². The van der Waals surface area contributed by atoms with Crippen LogP contribution in [-0.4, -0.2) is 67.5 Å². The monoisotopic (exact) mass is 546 g/mol. The first-order valence-electron chi connectivity index (χ1n) is 11.6. The van der Waals surface area contributed by atoms with Crippen molar-refractivity contribution in [1.82, 2.24) is 9.97 Å². The highest BCUT2D eigenvalue weighted by Crippen LogP contribution is 2.33. The predicted molar refractivity (Wildman–Crippen MR) is 137 cm³/mol. The first-order chi connectivity index (χ1) is 17.6. The summed E-state index contributed by atoms with van der Waals surface area (Å²) in [4.78, 5) is 28.3. The lowest BCUT2D eigenvalue weighted by molar-refractivity contribution is -0.145. The summed E-state index contributed by atoms with van der Waals surface area (Å²) in [5.74, 6) is -0.857. The molecule has 3 aromatic rings. The molecular weight excluding hydrogens is 520 g/mol. The van der Waals surface area contributed by atoms with E-state index in [1.54, 1.807) is 38.1 Å². The molecule has 0 spiro atoms. The molecule has 2 fully saturated rings. The maximum atomic E-state index is 13.3. The van der Waals surface area contributed by atoms with Crippen molar-refractivity contribution in [3.8, 4) is 5.88 Å². The molecule has 11 nitrogen and oxygen atoms in total. The van der Waals surface area contributed by atoms with Crippen molar-refractivity contribution in [2.24, 2.45) is 5.16 Å². The maximum absolute atomic E-state index is 13.3. The van der Waals surface area contributed by atoms with Crippen LogP contribution in [0.1, 0.15) is 32.3 Å². The van der Waals surface area contributed by atoms with Gasteiger partial charge in [0, 0.05) is 11.6 Å². The molecule has 1 aliphatic carbocycles. The molecule has 1 aromatic carbocycles. The van der Waals surface area contributed by atoms with Gasteiger partial charge < -0.3 is 19.0 Å². The SMILES string of the molecule is COc1ccc2nc(NC(=O)C(=NOC[C@H]3COC(C)(C)O3)c3ccc(S(=O)(=O)C4CC4)cc3)sc2n1. The number of oxime groups is 1. The van der Waals surface area contributed by atoms with Gasteiger partial charge in [-0.3, -0.25) is 10.1 Å². The van der Waals surface area contributed by atoms with Crippen LogP contribution < -0.4 is 10.1 Å². The fourth-order valence-corrected chi connectivity index (χ4v) is 6.23. The number of nitrogens with zero attached hydrogens (tertiary/aromatic N) is 3. The highest BCUT2D eigenvalue weighted by atomic mass is 32.2. The molecule has 0 bridgehead atoms. The third kappa shape index (κ3) is 5.74. The minimum absolute atomic E-state index is 0.0432. The van der Waals surface area contributed by atoms with Crippen LogP contribution in [0.25, 0.3) is 10.3 Å². The number of ether oxygens (including phenoxy) is 3. The van der Waals surface area contributed by atoms with E-state index in [2.05, 4.69) is 20.4 Å². The summed E-state index contributed by atoms with van der Waals surface area (Å²) < 4.78 is 41.5. The summed E-state index contributed by atoms with van der Waals surface area (Å²) in [7, 11) is -1.85. The largest absolute Gasteiger partial charge is 0.481 e. The molecule has 3 heterocycles. The summed E-state index contributed by atoms with van der Waals surface area (Å²) in [5, 5.41) is 6.80. The van der Waals surface area contributed by atoms with E-state index < -0.39 is 21.5 Å². The molecule has 2 aromatic heterocycles. The number of fused-ring (bicyclic) bond motifs is 1. The van der Waals surface area contributed by atoms with E-state index >= 15 is 0 Å². The summed E-state index contributed by atoms with van der Waals surface area (Å²) in [5.41, 5.74) is 0.946. The van der Waals surface area contributed by atoms with Gasteiger partial charge in [0.25, 0.3) is 5.91 Å². The van der Waals surface area contributed by atoms with Gasteiger partial charge in [-0.2, -0.15) is 0 Å². The molecule has 0 radical (unpaired) electrons. The zero-order chi connectivity index (χ0) is 26.2. The Hall–Kier alpha value is -3.13. The average Bonchev–Trinajstić information content (AvgIpc) is 3.58. The molecule has 37 heavy (non-hydrogen) atoms. The second-order valence-electron chi connectivity index (χ2n) is 9.11. The Bertz CT molecular complexity index is 1450. The maximum Gasteiger partial charge on any atom is 0.280 e. The van der Waals surface area contributed by atoms with E-state index in [1.165, 1.54) is 30.6 Å². The number of carbonyl (C=O) groups is 1. The number of sulfone groups is 1. The van der Waals surface area contributed by atoms with Gasteiger partial charge >= 0.3 is 0 Å². The van der Waals surface area contributed by atoms with Gasteiger partial charge in [-0.25, -0.2) is 18.4 Å². The van der Waals surface area contributed by atoms with Crippen molar-refractivity contribution in [2.75, 3.05) is 25.6 Å². The predicted octanol–water partition coefficient (Wildman–Crippen LogP) is 3.15. The molecule has 0 unspecified atom stereocenters. The lowest BCUT2D eigenvalue weighted by atomic mass is 10.1. The third-order valence-electron chi connectivity index (χ3n) is 5.78. The molecular formula is C24H26N4O7S2. The Kier molecular flexibility index (Phi) is 6.88. The Labute approximate surface area is 217 Å². The van der Waals surface area contributed by atoms with Crippen LogP contribution in [0.3, 0.4) is 0 Å². The molecule has 1 aliphatic heterocycles. The Morgan fingerprint density at radius 1 is 1.19 bits per heavy atom. The number of pyridine rings is 1. The molecule has 196 valence electrons. The van der Waals surface area contributed by atoms with Crippen molar-refractivity contribution < 1.29 is 32.3 Å². The van der Waals surface area contributed by atoms with Crippen molar-refractivity contribution in [2.45, 2.75) is 48.7 Å². The van der Waals surface area contributed by atoms with Gasteiger partial charge in [0.1, 0.15) is 23.1 Å². The van der Waals surface area contributed by atoms with Crippen LogP contribution in [0.5, 0.6) is 5.88 Å². The lowest BCUT2D eigenvalue weighted by Gasteiger charge is -2.16. The Balaban J connectivity index is 1.37. The number of benzene rings is 1. The number of nitrogens with one attached hydrogen (secondary N) is 1. The highest BCUT2D eigenvalue weighted by Gasteiger charge is 2.37. The first kappa shape index (κ1) is 25.5. The number of thiazole rings is 1. The molecule has 1 amide bonds. The number of hydrogen-bond acceptors (Lipinski definition) is 11. The zero-order valence-electron chi connectivity index (χ0n) is 20.5. The third-order valence-corrected chi connectivity index (χ3v) is 8.94. The van der Waals surface area contributed by atoms with Gasteiger partial charge in [0.2, 0.25) is 5.88 Å². The number of aromatic nitrogens is 2. The normalized spacial score (nSPS) is 19.6. The van der Waals surface area contributed by atoms with Gasteiger partial charge in [-0.1, -0.05) is 28.6 Å². The van der Waals surface area contributed by atoms with Gasteiger partial charge in [0.05, 0.1) is 23.9 Å². The molecule has 1 atom stereocenters. The highest BCUT2D eigenvalue weighted by molar-refractivity contribution is 7.92. The number of methoxy groups -OCH3 is 1. The topological polar surface area (TPSA) is 138 Å². The van der Waals surface area contributed by atoms with Crippen LogP contribution in [0.4, 0.5) is 5.13 Å². The molecule has 1 saturated heterocycles. The van der Waals surface area contributed by atoms with Crippen molar-refractivity contribution in [1.29, 1.82) is 0 Å². The molecule has 5 rings (SSSR count). The quantitative estimate of drug-likeness (QED) is 0.317. The van der Waals surface area contributed by atoms with E-state index in [0.717, 1.165) is 0 Å². The van der Waals surface area contributed by atoms with Gasteiger partial charge in [-0.05, 0) is 44.9 Å². The summed E-state index contributed by atoms with van der Waals surface area (Å²) in [6.45, 7) is 4.00. The number of amides is 1. The fourth-order valence-electron chi connectivity index (χ4n) is 3.75. The smallest absolute Gasteiger partial charge is 0.280 e. The Morgan fingerprint density at radius 3 is 2.59 bits per heavy atom. The first-order valence-corrected chi connectivity index (χ1v) is 14.0. The van der Waals surface area contributed by atoms with E-state index in [0.29, 0.717) is 46.4 Å². The summed E-state index contributed by atoms with van der Waals surface area (Å²) >= 11 is 1.18. The molecule has 13 heteroatoms. The van der Waals surface area contributed by atoms with Crippen LogP contribution in [-0.2, 0) is 28.9 Å². The zero-order valence-corrected chi connectivity index (χ0v) is 22.1. The molecule has 2 aliphatic rings. The van der Waals surface area contributed by atoms with Crippen LogP contribution in [0.2, 0.25) is 0 Å². The summed E-state index contributed by atoms with van der Waals surface area (Å²) in [6, 6.07) is 9.48. The summed E-state index contributed by atoms with van der Waals surface area (Å²) in [6.07, 6.45) is 0.985. The van der Waals surface area contributed by atoms with Crippen LogP contribution in [0.15, 0.2) is 46.4 Å². The molecule has 1 saturated carbocycles. The van der Waals surface area contributed by atoms with E-state index in [4.69, 9.17) is 19.0 Å². The van der Waals surface area contributed by atoms with Crippen molar-refractivity contribution in [3.05, 3.63) is 42.0 Å². The van der Waals surface area contributed by atoms with E-state index in [1.807, 2.05) is 0 Å². The van der Waals surface area contributed by atoms with Gasteiger partial charge in [-0.15, -0.1) is 0 Å². The van der Waals surface area contributed by atoms with Gasteiger partial charge in [0.15, 0.2) is 26.5 Å². The van der Waals surface area contributed by atoms with Crippen molar-refractivity contribution >= 4 is 48.3 Å². The second-order valence-corrected chi connectivity index (χ2v) is 12.3. The fraction of sp³-hybridized carbons (Fsp3) is 0.417. The van der Waals surface area contributed by atoms with Crippen molar-refractivity contribution in [3.63, 3.8) is 0 Å².